The van der Waals surface area contributed by atoms with Crippen LogP contribution in [0.2, 0.25) is 10.0 Å². The van der Waals surface area contributed by atoms with Gasteiger partial charge in [-0.05, 0) is 30.3 Å². The van der Waals surface area contributed by atoms with Gasteiger partial charge in [0, 0.05) is 5.69 Å². The second kappa shape index (κ2) is 9.13. The maximum Gasteiger partial charge on any atom is 0.234 e. The maximum absolute atomic E-state index is 13.6. The number of hydrogen-bond donors (Lipinski definition) is 2. The molecule has 0 bridgehead atoms. The second-order valence-electron chi connectivity index (χ2n) is 5.45. The van der Waals surface area contributed by atoms with Gasteiger partial charge in [0.15, 0.2) is 17.4 Å². The number of benzene rings is 2. The molecule has 0 unspecified atom stereocenters. The highest BCUT2D eigenvalue weighted by Crippen LogP contribution is 2.25. The van der Waals surface area contributed by atoms with Crippen LogP contribution in [0.25, 0.3) is 0 Å². The van der Waals surface area contributed by atoms with E-state index in [4.69, 9.17) is 33.8 Å². The zero-order chi connectivity index (χ0) is 20.1. The molecular weight excluding hydrogens is 428 g/mol. The Morgan fingerprint density at radius 2 is 2.00 bits per heavy atom. The fraction of sp³-hybridized carbons (Fsp3) is 0.118. The minimum Gasteiger partial charge on any atom is -0.482 e. The molecule has 1 amide bonds. The molecule has 0 fully saturated rings. The number of anilines is 1. The van der Waals surface area contributed by atoms with Crippen LogP contribution in [0.3, 0.4) is 0 Å². The van der Waals surface area contributed by atoms with Gasteiger partial charge in [-0.15, -0.1) is 10.2 Å². The van der Waals surface area contributed by atoms with Crippen molar-refractivity contribution in [3.05, 3.63) is 64.2 Å². The number of amides is 1. The first-order chi connectivity index (χ1) is 13.4. The van der Waals surface area contributed by atoms with Gasteiger partial charge in [-0.2, -0.15) is 0 Å². The molecule has 3 N–H and O–H groups in total. The SMILES string of the molecule is Nn1c(COc2ccccc2F)nnc1SCC(=O)Nc1ccc(Cl)c(Cl)c1. The van der Waals surface area contributed by atoms with Crippen LogP contribution in [0, 0.1) is 5.82 Å². The van der Waals surface area contributed by atoms with Crippen molar-refractivity contribution in [2.75, 3.05) is 16.9 Å². The molecular formula is C17H14Cl2FN5O2S. The van der Waals surface area contributed by atoms with E-state index in [2.05, 4.69) is 15.5 Å². The van der Waals surface area contributed by atoms with E-state index in [1.807, 2.05) is 0 Å². The lowest BCUT2D eigenvalue weighted by atomic mass is 10.3. The molecule has 0 radical (unpaired) electrons. The largest absolute Gasteiger partial charge is 0.482 e. The summed E-state index contributed by atoms with van der Waals surface area (Å²) in [5.74, 6) is 5.56. The first kappa shape index (κ1) is 20.2. The normalized spacial score (nSPS) is 10.7. The molecule has 7 nitrogen and oxygen atoms in total. The summed E-state index contributed by atoms with van der Waals surface area (Å²) in [6.07, 6.45) is 0. The number of para-hydroxylation sites is 1. The molecule has 0 spiro atoms. The van der Waals surface area contributed by atoms with Crippen molar-refractivity contribution < 1.29 is 13.9 Å². The van der Waals surface area contributed by atoms with E-state index in [0.717, 1.165) is 11.8 Å². The van der Waals surface area contributed by atoms with Crippen LogP contribution in [-0.2, 0) is 11.4 Å². The van der Waals surface area contributed by atoms with Gasteiger partial charge in [0.25, 0.3) is 0 Å². The van der Waals surface area contributed by atoms with E-state index in [9.17, 15) is 9.18 Å². The van der Waals surface area contributed by atoms with E-state index in [1.54, 1.807) is 30.3 Å². The number of nitrogens with one attached hydrogen (secondary N) is 1. The van der Waals surface area contributed by atoms with Crippen molar-refractivity contribution in [1.29, 1.82) is 0 Å². The molecule has 0 aliphatic carbocycles. The number of aromatic nitrogens is 3. The fourth-order valence-corrected chi connectivity index (χ4v) is 3.08. The molecule has 0 atom stereocenters. The molecule has 1 aromatic heterocycles. The Labute approximate surface area is 173 Å². The number of carbonyl (C=O) groups excluding carboxylic acids is 1. The molecule has 3 aromatic rings. The highest BCUT2D eigenvalue weighted by atomic mass is 35.5. The Balaban J connectivity index is 1.54. The summed E-state index contributed by atoms with van der Waals surface area (Å²) in [6.45, 7) is -0.0690. The third-order valence-electron chi connectivity index (χ3n) is 3.46. The quantitative estimate of drug-likeness (QED) is 0.428. The Hall–Kier alpha value is -2.49. The highest BCUT2D eigenvalue weighted by molar-refractivity contribution is 7.99. The van der Waals surface area contributed by atoms with Crippen LogP contribution in [0.4, 0.5) is 10.1 Å². The van der Waals surface area contributed by atoms with Gasteiger partial charge in [0.05, 0.1) is 15.8 Å². The molecule has 0 saturated carbocycles. The van der Waals surface area contributed by atoms with Gasteiger partial charge >= 0.3 is 0 Å². The molecule has 0 saturated heterocycles. The van der Waals surface area contributed by atoms with Crippen molar-refractivity contribution in [3.63, 3.8) is 0 Å². The summed E-state index contributed by atoms with van der Waals surface area (Å²) in [4.78, 5) is 12.1. The predicted octanol–water partition coefficient (Wildman–Crippen LogP) is 3.75. The van der Waals surface area contributed by atoms with E-state index in [-0.39, 0.29) is 29.8 Å². The number of nitrogen functional groups attached to an aromatic ring is 1. The van der Waals surface area contributed by atoms with Crippen LogP contribution in [-0.4, -0.2) is 26.5 Å². The zero-order valence-electron chi connectivity index (χ0n) is 14.2. The summed E-state index contributed by atoms with van der Waals surface area (Å²) in [6, 6.07) is 10.8. The number of nitrogens with zero attached hydrogens (tertiary/aromatic N) is 3. The number of halogens is 3. The molecule has 0 aliphatic heterocycles. The highest BCUT2D eigenvalue weighted by Gasteiger charge is 2.14. The third kappa shape index (κ3) is 5.06. The first-order valence-corrected chi connectivity index (χ1v) is 9.62. The summed E-state index contributed by atoms with van der Waals surface area (Å²) in [5.41, 5.74) is 0.521. The smallest absolute Gasteiger partial charge is 0.234 e. The van der Waals surface area contributed by atoms with E-state index in [1.165, 1.54) is 16.8 Å². The lowest BCUT2D eigenvalue weighted by Crippen LogP contribution is -2.18. The van der Waals surface area contributed by atoms with Crippen molar-refractivity contribution in [1.82, 2.24) is 14.9 Å². The lowest BCUT2D eigenvalue weighted by Gasteiger charge is -2.07. The molecule has 2 aromatic carbocycles. The molecule has 28 heavy (non-hydrogen) atoms. The zero-order valence-corrected chi connectivity index (χ0v) is 16.6. The third-order valence-corrected chi connectivity index (χ3v) is 5.15. The van der Waals surface area contributed by atoms with Gasteiger partial charge in [0.2, 0.25) is 11.1 Å². The van der Waals surface area contributed by atoms with E-state index < -0.39 is 5.82 Å². The lowest BCUT2D eigenvalue weighted by molar-refractivity contribution is -0.113. The minimum atomic E-state index is -0.487. The van der Waals surface area contributed by atoms with Gasteiger partial charge < -0.3 is 15.9 Å². The topological polar surface area (TPSA) is 95.1 Å². The molecule has 1 heterocycles. The van der Waals surface area contributed by atoms with Gasteiger partial charge in [-0.1, -0.05) is 47.1 Å². The average Bonchev–Trinajstić information content (AvgIpc) is 3.02. The van der Waals surface area contributed by atoms with E-state index >= 15 is 0 Å². The van der Waals surface area contributed by atoms with Crippen molar-refractivity contribution in [2.24, 2.45) is 0 Å². The van der Waals surface area contributed by atoms with Crippen LogP contribution in [0.1, 0.15) is 5.82 Å². The Morgan fingerprint density at radius 3 is 2.75 bits per heavy atom. The Morgan fingerprint density at radius 1 is 1.21 bits per heavy atom. The van der Waals surface area contributed by atoms with Gasteiger partial charge in [0.1, 0.15) is 6.61 Å². The van der Waals surface area contributed by atoms with Crippen LogP contribution in [0.15, 0.2) is 47.6 Å². The summed E-state index contributed by atoms with van der Waals surface area (Å²) >= 11 is 12.8. The Kier molecular flexibility index (Phi) is 6.61. The average molecular weight is 442 g/mol. The van der Waals surface area contributed by atoms with Crippen LogP contribution >= 0.6 is 35.0 Å². The van der Waals surface area contributed by atoms with E-state index in [0.29, 0.717) is 20.9 Å². The van der Waals surface area contributed by atoms with Gasteiger partial charge in [-0.25, -0.2) is 9.07 Å². The van der Waals surface area contributed by atoms with Crippen LogP contribution in [0.5, 0.6) is 5.75 Å². The number of carbonyl (C=O) groups is 1. The number of nitrogens with two attached hydrogens (primary N) is 1. The fourth-order valence-electron chi connectivity index (χ4n) is 2.11. The molecule has 11 heteroatoms. The second-order valence-corrected chi connectivity index (χ2v) is 7.21. The molecule has 146 valence electrons. The molecule has 3 rings (SSSR count). The van der Waals surface area contributed by atoms with Crippen LogP contribution < -0.4 is 15.9 Å². The predicted molar refractivity (Wildman–Crippen MR) is 107 cm³/mol. The summed E-state index contributed by atoms with van der Waals surface area (Å²) in [5, 5.41) is 11.6. The van der Waals surface area contributed by atoms with Crippen molar-refractivity contribution in [2.45, 2.75) is 11.8 Å². The minimum absolute atomic E-state index is 0.0454. The Bertz CT molecular complexity index is 1000. The summed E-state index contributed by atoms with van der Waals surface area (Å²) in [7, 11) is 0. The van der Waals surface area contributed by atoms with Crippen molar-refractivity contribution in [3.8, 4) is 5.75 Å². The monoisotopic (exact) mass is 441 g/mol. The molecule has 0 aliphatic rings. The standard InChI is InChI=1S/C17H14Cl2FN5O2S/c18-11-6-5-10(7-12(11)19)22-16(26)9-28-17-24-23-15(25(17)21)8-27-14-4-2-1-3-13(14)20/h1-7H,8-9,21H2,(H,22,26). The maximum atomic E-state index is 13.6. The number of thioether (sulfide) groups is 1. The number of ether oxygens (including phenoxy) is 1. The number of hydrogen-bond acceptors (Lipinski definition) is 6. The van der Waals surface area contributed by atoms with Gasteiger partial charge in [-0.3, -0.25) is 4.79 Å². The van der Waals surface area contributed by atoms with Crippen molar-refractivity contribution >= 4 is 46.6 Å². The first-order valence-electron chi connectivity index (χ1n) is 7.88. The number of rotatable bonds is 7. The summed E-state index contributed by atoms with van der Waals surface area (Å²) < 4.78 is 20.1.